The van der Waals surface area contributed by atoms with Crippen LogP contribution in [0.3, 0.4) is 0 Å². The summed E-state index contributed by atoms with van der Waals surface area (Å²) in [5, 5.41) is 5.81. The van der Waals surface area contributed by atoms with Crippen LogP contribution in [0, 0.1) is 0 Å². The third-order valence-corrected chi connectivity index (χ3v) is 10.4. The van der Waals surface area contributed by atoms with Crippen molar-refractivity contribution in [1.82, 2.24) is 15.1 Å². The largest absolute Gasteiger partial charge is 0.383 e. The standard InChI is InChI=1S/C37H49FN6O2/c1-5-26-9-6-10-27-11-7-12-28(34(26)27)19-33(38)35(32(20-39-2)36(40-3)43-21-29-13-14-30(22-43)42-29)41-25-46-24-37-16-8-18-44(37)31(15-17-37)23-45-4/h6-7,9-12,19-20,29-31,42H,3,5,8,13-18,21-25H2,1-2,4H3/b33-19-,36-32+,39-20-,41-35+. The number of nitrogens with one attached hydrogen (secondary N) is 1. The van der Waals surface area contributed by atoms with Crippen LogP contribution in [0.15, 0.2) is 68.6 Å². The highest BCUT2D eigenvalue weighted by Gasteiger charge is 2.49. The highest BCUT2D eigenvalue weighted by atomic mass is 19.1. The summed E-state index contributed by atoms with van der Waals surface area (Å²) in [4.78, 5) is 18.4. The molecule has 4 unspecified atom stereocenters. The molecule has 4 fully saturated rings. The van der Waals surface area contributed by atoms with Gasteiger partial charge in [-0.2, -0.15) is 0 Å². The van der Waals surface area contributed by atoms with E-state index in [1.165, 1.54) is 5.56 Å². The number of aryl methyl sites for hydroxylation is 1. The number of halogens is 1. The number of ether oxygens (including phenoxy) is 2. The molecule has 4 saturated heterocycles. The molecule has 0 spiro atoms. The van der Waals surface area contributed by atoms with Crippen molar-refractivity contribution < 1.29 is 13.9 Å². The lowest BCUT2D eigenvalue weighted by atomic mass is 9.95. The number of nitrogens with zero attached hydrogens (tertiary/aromatic N) is 5. The van der Waals surface area contributed by atoms with Crippen molar-refractivity contribution in [3.63, 3.8) is 0 Å². The van der Waals surface area contributed by atoms with Gasteiger partial charge in [-0.3, -0.25) is 14.9 Å². The predicted octanol–water partition coefficient (Wildman–Crippen LogP) is 5.82. The lowest BCUT2D eigenvalue weighted by Gasteiger charge is -2.35. The van der Waals surface area contributed by atoms with E-state index in [1.54, 1.807) is 26.4 Å². The minimum atomic E-state index is -0.446. The molecule has 0 radical (unpaired) electrons. The van der Waals surface area contributed by atoms with Crippen molar-refractivity contribution in [3.8, 4) is 0 Å². The van der Waals surface area contributed by atoms with E-state index in [2.05, 4.69) is 63.0 Å². The summed E-state index contributed by atoms with van der Waals surface area (Å²) in [6, 6.07) is 13.5. The summed E-state index contributed by atoms with van der Waals surface area (Å²) >= 11 is 0. The maximum atomic E-state index is 16.9. The Labute approximate surface area is 273 Å². The summed E-state index contributed by atoms with van der Waals surface area (Å²) < 4.78 is 28.7. The molecular weight excluding hydrogens is 579 g/mol. The Balaban J connectivity index is 1.36. The van der Waals surface area contributed by atoms with Gasteiger partial charge in [0.2, 0.25) is 0 Å². The van der Waals surface area contributed by atoms with Gasteiger partial charge in [0.25, 0.3) is 0 Å². The molecule has 1 N–H and O–H groups in total. The third kappa shape index (κ3) is 6.61. The number of allylic oxidation sites excluding steroid dienone is 2. The molecule has 4 aliphatic rings. The van der Waals surface area contributed by atoms with Crippen LogP contribution >= 0.6 is 0 Å². The molecule has 4 aliphatic heterocycles. The first-order valence-corrected chi connectivity index (χ1v) is 16.9. The molecule has 0 saturated carbocycles. The van der Waals surface area contributed by atoms with Crippen molar-refractivity contribution in [2.45, 2.75) is 75.5 Å². The van der Waals surface area contributed by atoms with E-state index >= 15 is 4.39 Å². The fraction of sp³-hybridized carbons (Fsp3) is 0.541. The zero-order valence-corrected chi connectivity index (χ0v) is 27.7. The van der Waals surface area contributed by atoms with Crippen molar-refractivity contribution in [2.24, 2.45) is 15.0 Å². The number of hydrogen-bond donors (Lipinski definition) is 1. The van der Waals surface area contributed by atoms with Crippen LogP contribution in [0.1, 0.15) is 56.6 Å². The number of hydrogen-bond acceptors (Lipinski definition) is 8. The second kappa shape index (κ2) is 14.7. The second-order valence-electron chi connectivity index (χ2n) is 13.2. The van der Waals surface area contributed by atoms with Crippen LogP contribution in [-0.4, -0.2) is 106 Å². The Hall–Kier alpha value is -3.24. The van der Waals surface area contributed by atoms with Gasteiger partial charge in [-0.1, -0.05) is 43.3 Å². The molecule has 2 aromatic rings. The molecule has 2 aromatic carbocycles. The summed E-state index contributed by atoms with van der Waals surface area (Å²) in [7, 11) is 3.47. The molecule has 46 heavy (non-hydrogen) atoms. The lowest BCUT2D eigenvalue weighted by Crippen LogP contribution is -2.50. The van der Waals surface area contributed by atoms with E-state index in [0.29, 0.717) is 36.1 Å². The number of methoxy groups -OCH3 is 1. The Kier molecular flexibility index (Phi) is 10.4. The second-order valence-corrected chi connectivity index (χ2v) is 13.2. The van der Waals surface area contributed by atoms with Gasteiger partial charge < -0.3 is 19.7 Å². The average molecular weight is 629 g/mol. The highest BCUT2D eigenvalue weighted by Crippen LogP contribution is 2.42. The number of piperazine rings is 1. The quantitative estimate of drug-likeness (QED) is 0.224. The molecule has 0 aliphatic carbocycles. The van der Waals surface area contributed by atoms with E-state index in [0.717, 1.165) is 87.5 Å². The summed E-state index contributed by atoms with van der Waals surface area (Å²) in [5.41, 5.74) is 2.71. The molecule has 246 valence electrons. The van der Waals surface area contributed by atoms with Gasteiger partial charge >= 0.3 is 0 Å². The van der Waals surface area contributed by atoms with E-state index in [9.17, 15) is 0 Å². The Morgan fingerprint density at radius 1 is 1.13 bits per heavy atom. The van der Waals surface area contributed by atoms with Crippen LogP contribution in [0.2, 0.25) is 0 Å². The summed E-state index contributed by atoms with van der Waals surface area (Å²) in [6.45, 7) is 10.0. The molecule has 6 rings (SSSR count). The molecule has 8 nitrogen and oxygen atoms in total. The lowest BCUT2D eigenvalue weighted by molar-refractivity contribution is 0.0137. The predicted molar refractivity (Wildman–Crippen MR) is 187 cm³/mol. The van der Waals surface area contributed by atoms with Gasteiger partial charge in [0.15, 0.2) is 0 Å². The first-order chi connectivity index (χ1) is 22.5. The van der Waals surface area contributed by atoms with Gasteiger partial charge in [-0.15, -0.1) is 0 Å². The fourth-order valence-corrected chi connectivity index (χ4v) is 8.37. The molecule has 2 bridgehead atoms. The van der Waals surface area contributed by atoms with Crippen molar-refractivity contribution in [3.05, 3.63) is 64.7 Å². The number of rotatable bonds is 13. The van der Waals surface area contributed by atoms with Crippen LogP contribution in [0.25, 0.3) is 16.8 Å². The monoisotopic (exact) mass is 628 g/mol. The number of fused-ring (bicyclic) bond motifs is 4. The van der Waals surface area contributed by atoms with Gasteiger partial charge in [0.1, 0.15) is 24.1 Å². The zero-order chi connectivity index (χ0) is 32.1. The fourth-order valence-electron chi connectivity index (χ4n) is 8.37. The van der Waals surface area contributed by atoms with E-state index in [1.807, 2.05) is 12.1 Å². The molecule has 4 heterocycles. The van der Waals surface area contributed by atoms with Gasteiger partial charge in [0, 0.05) is 57.1 Å². The van der Waals surface area contributed by atoms with E-state index < -0.39 is 5.83 Å². The van der Waals surface area contributed by atoms with E-state index in [4.69, 9.17) is 14.5 Å². The van der Waals surface area contributed by atoms with Crippen molar-refractivity contribution in [2.75, 3.05) is 53.7 Å². The molecule has 0 amide bonds. The van der Waals surface area contributed by atoms with Crippen LogP contribution in [-0.2, 0) is 15.9 Å². The van der Waals surface area contributed by atoms with Crippen molar-refractivity contribution in [1.29, 1.82) is 0 Å². The number of aliphatic imine (C=N–C) groups is 3. The SMILES string of the molecule is C=N/C(=C(/C=N\C)C(=N/COCC12CCCN1C(COC)CC2)\C(F)=C\c1cccc2cccc(CC)c12)N1CC2CCC(C1)N2. The number of benzene rings is 2. The molecule has 9 heteroatoms. The minimum Gasteiger partial charge on any atom is -0.383 e. The van der Waals surface area contributed by atoms with E-state index in [-0.39, 0.29) is 18.0 Å². The molecule has 4 atom stereocenters. The first-order valence-electron chi connectivity index (χ1n) is 16.9. The topological polar surface area (TPSA) is 74.0 Å². The Morgan fingerprint density at radius 2 is 1.91 bits per heavy atom. The normalized spacial score (nSPS) is 27.6. The maximum absolute atomic E-state index is 16.9. The average Bonchev–Trinajstić information content (AvgIpc) is 3.74. The van der Waals surface area contributed by atoms with Gasteiger partial charge in [-0.25, -0.2) is 9.38 Å². The summed E-state index contributed by atoms with van der Waals surface area (Å²) in [5.74, 6) is 0.162. The van der Waals surface area contributed by atoms with Crippen LogP contribution in [0.5, 0.6) is 0 Å². The molecule has 0 aromatic heterocycles. The summed E-state index contributed by atoms with van der Waals surface area (Å²) in [6.07, 6.45) is 10.8. The van der Waals surface area contributed by atoms with Gasteiger partial charge in [0.05, 0.1) is 18.8 Å². The molecular formula is C37H49FN6O2. The number of likely N-dealkylation sites (tertiary alicyclic amines) is 1. The highest BCUT2D eigenvalue weighted by molar-refractivity contribution is 6.25. The smallest absolute Gasteiger partial charge is 0.149 e. The zero-order valence-electron chi connectivity index (χ0n) is 27.7. The van der Waals surface area contributed by atoms with Gasteiger partial charge in [-0.05, 0) is 86.2 Å². The Morgan fingerprint density at radius 3 is 2.63 bits per heavy atom. The van der Waals surface area contributed by atoms with Crippen LogP contribution < -0.4 is 5.32 Å². The van der Waals surface area contributed by atoms with Crippen LogP contribution in [0.4, 0.5) is 4.39 Å². The minimum absolute atomic E-state index is 0.00419. The van der Waals surface area contributed by atoms with Crippen molar-refractivity contribution >= 4 is 35.5 Å². The Bertz CT molecular complexity index is 1520. The third-order valence-electron chi connectivity index (χ3n) is 10.4. The first kappa shape index (κ1) is 32.7. The maximum Gasteiger partial charge on any atom is 0.149 e.